The summed E-state index contributed by atoms with van der Waals surface area (Å²) in [5.74, 6) is -2.42. The first-order chi connectivity index (χ1) is 5.86. The first-order valence-electron chi connectivity index (χ1n) is 3.90. The van der Waals surface area contributed by atoms with Crippen LogP contribution in [0.4, 0.5) is 0 Å². The molecule has 13 heavy (non-hydrogen) atoms. The van der Waals surface area contributed by atoms with Crippen LogP contribution >= 0.6 is 0 Å². The van der Waals surface area contributed by atoms with Crippen LogP contribution in [0.1, 0.15) is 27.2 Å². The lowest BCUT2D eigenvalue weighted by atomic mass is 9.91. The van der Waals surface area contributed by atoms with Gasteiger partial charge in [0.1, 0.15) is 0 Å². The molecule has 0 aromatic carbocycles. The second kappa shape index (κ2) is 4.02. The number of carbonyl (C=O) groups is 3. The van der Waals surface area contributed by atoms with Gasteiger partial charge in [-0.15, -0.1) is 0 Å². The summed E-state index contributed by atoms with van der Waals surface area (Å²) in [5, 5.41) is 11.0. The second-order valence-electron chi connectivity index (χ2n) is 2.80. The third kappa shape index (κ3) is 2.27. The lowest BCUT2D eigenvalue weighted by Gasteiger charge is -2.25. The molecule has 5 heteroatoms. The molecule has 2 N–H and O–H groups in total. The number of nitrogens with one attached hydrogen (secondary N) is 1. The van der Waals surface area contributed by atoms with Crippen LogP contribution in [0.15, 0.2) is 0 Å². The Morgan fingerprint density at radius 1 is 1.31 bits per heavy atom. The van der Waals surface area contributed by atoms with Crippen molar-refractivity contribution in [2.75, 3.05) is 0 Å². The number of amides is 1. The van der Waals surface area contributed by atoms with E-state index in [1.165, 1.54) is 13.8 Å². The highest BCUT2D eigenvalue weighted by Gasteiger charge is 2.42. The SMILES string of the molecule is CCC(NC(C)=O)(C(C)=O)C(=O)O. The minimum Gasteiger partial charge on any atom is -0.479 e. The Morgan fingerprint density at radius 3 is 1.85 bits per heavy atom. The fourth-order valence-corrected chi connectivity index (χ4v) is 1.08. The molecule has 0 aliphatic rings. The minimum absolute atomic E-state index is 0.0389. The topological polar surface area (TPSA) is 83.5 Å². The molecular weight excluding hydrogens is 174 g/mol. The number of rotatable bonds is 4. The maximum absolute atomic E-state index is 11.1. The average Bonchev–Trinajstić information content (AvgIpc) is 1.98. The van der Waals surface area contributed by atoms with Crippen molar-refractivity contribution in [3.8, 4) is 0 Å². The number of ketones is 1. The summed E-state index contributed by atoms with van der Waals surface area (Å²) < 4.78 is 0. The molecule has 0 aliphatic carbocycles. The molecule has 0 bridgehead atoms. The number of hydrogen-bond acceptors (Lipinski definition) is 3. The van der Waals surface area contributed by atoms with Crippen LogP contribution in [0.2, 0.25) is 0 Å². The Hall–Kier alpha value is -1.39. The van der Waals surface area contributed by atoms with Crippen LogP contribution in [0, 0.1) is 0 Å². The summed E-state index contributed by atoms with van der Waals surface area (Å²) in [5.41, 5.74) is -1.76. The van der Waals surface area contributed by atoms with Gasteiger partial charge in [-0.05, 0) is 13.3 Å². The Morgan fingerprint density at radius 2 is 1.77 bits per heavy atom. The number of carbonyl (C=O) groups excluding carboxylic acids is 2. The number of carboxylic acids is 1. The van der Waals surface area contributed by atoms with Crippen molar-refractivity contribution in [1.82, 2.24) is 5.32 Å². The zero-order chi connectivity index (χ0) is 10.6. The van der Waals surface area contributed by atoms with Gasteiger partial charge in [-0.2, -0.15) is 0 Å². The van der Waals surface area contributed by atoms with E-state index in [2.05, 4.69) is 5.32 Å². The van der Waals surface area contributed by atoms with Crippen LogP contribution in [0.3, 0.4) is 0 Å². The predicted molar refractivity (Wildman–Crippen MR) is 45.2 cm³/mol. The lowest BCUT2D eigenvalue weighted by molar-refractivity contribution is -0.152. The summed E-state index contributed by atoms with van der Waals surface area (Å²) in [6.45, 7) is 3.86. The number of hydrogen-bond donors (Lipinski definition) is 2. The van der Waals surface area contributed by atoms with Crippen molar-refractivity contribution >= 4 is 17.7 Å². The first-order valence-corrected chi connectivity index (χ1v) is 3.90. The largest absolute Gasteiger partial charge is 0.479 e. The van der Waals surface area contributed by atoms with Crippen molar-refractivity contribution in [2.24, 2.45) is 0 Å². The van der Waals surface area contributed by atoms with Crippen LogP contribution in [-0.4, -0.2) is 28.3 Å². The van der Waals surface area contributed by atoms with Gasteiger partial charge in [0.25, 0.3) is 0 Å². The van der Waals surface area contributed by atoms with E-state index in [4.69, 9.17) is 5.11 Å². The van der Waals surface area contributed by atoms with Gasteiger partial charge in [0, 0.05) is 6.92 Å². The zero-order valence-electron chi connectivity index (χ0n) is 7.88. The maximum Gasteiger partial charge on any atom is 0.337 e. The maximum atomic E-state index is 11.1. The predicted octanol–water partition coefficient (Wildman–Crippen LogP) is -0.0551. The van der Waals surface area contributed by atoms with Crippen LogP contribution in [0.25, 0.3) is 0 Å². The van der Waals surface area contributed by atoms with E-state index in [9.17, 15) is 14.4 Å². The standard InChI is InChI=1S/C8H13NO4/c1-4-8(5(2)10,7(12)13)9-6(3)11/h4H2,1-3H3,(H,9,11)(H,12,13). The van der Waals surface area contributed by atoms with Gasteiger partial charge in [-0.3, -0.25) is 9.59 Å². The molecule has 0 radical (unpaired) electrons. The molecule has 0 saturated carbocycles. The molecule has 0 fully saturated rings. The second-order valence-corrected chi connectivity index (χ2v) is 2.80. The highest BCUT2D eigenvalue weighted by Crippen LogP contribution is 2.11. The van der Waals surface area contributed by atoms with Gasteiger partial charge < -0.3 is 10.4 Å². The van der Waals surface area contributed by atoms with E-state index in [0.29, 0.717) is 0 Å². The van der Waals surface area contributed by atoms with E-state index in [-0.39, 0.29) is 6.42 Å². The molecule has 0 aromatic heterocycles. The van der Waals surface area contributed by atoms with Gasteiger partial charge in [0.15, 0.2) is 11.3 Å². The molecule has 0 rings (SSSR count). The van der Waals surface area contributed by atoms with E-state index in [0.717, 1.165) is 6.92 Å². The summed E-state index contributed by atoms with van der Waals surface area (Å²) in [6.07, 6.45) is 0.0389. The summed E-state index contributed by atoms with van der Waals surface area (Å²) in [4.78, 5) is 32.6. The summed E-state index contributed by atoms with van der Waals surface area (Å²) >= 11 is 0. The summed E-state index contributed by atoms with van der Waals surface area (Å²) in [7, 11) is 0. The Labute approximate surface area is 76.1 Å². The Bertz CT molecular complexity index is 233. The Balaban J connectivity index is 4.98. The van der Waals surface area contributed by atoms with E-state index in [1.807, 2.05) is 0 Å². The van der Waals surface area contributed by atoms with Crippen LogP contribution in [0.5, 0.6) is 0 Å². The molecule has 1 unspecified atom stereocenters. The molecule has 0 aliphatic heterocycles. The van der Waals surface area contributed by atoms with E-state index < -0.39 is 23.2 Å². The molecule has 0 spiro atoms. The molecule has 0 saturated heterocycles. The third-order valence-electron chi connectivity index (χ3n) is 1.89. The Kier molecular flexibility index (Phi) is 3.59. The third-order valence-corrected chi connectivity index (χ3v) is 1.89. The van der Waals surface area contributed by atoms with Gasteiger partial charge in [-0.25, -0.2) is 4.79 Å². The van der Waals surface area contributed by atoms with Gasteiger partial charge >= 0.3 is 5.97 Å². The fourth-order valence-electron chi connectivity index (χ4n) is 1.08. The number of aliphatic carboxylic acids is 1. The van der Waals surface area contributed by atoms with Crippen LogP contribution in [-0.2, 0) is 14.4 Å². The van der Waals surface area contributed by atoms with Crippen molar-refractivity contribution < 1.29 is 19.5 Å². The van der Waals surface area contributed by atoms with Gasteiger partial charge in [0.2, 0.25) is 5.91 Å². The molecule has 0 heterocycles. The molecule has 0 aromatic rings. The van der Waals surface area contributed by atoms with Crippen molar-refractivity contribution in [3.05, 3.63) is 0 Å². The number of Topliss-reactive ketones (excluding diaryl/α,β-unsaturated/α-hetero) is 1. The monoisotopic (exact) mass is 187 g/mol. The van der Waals surface area contributed by atoms with Crippen molar-refractivity contribution in [1.29, 1.82) is 0 Å². The van der Waals surface area contributed by atoms with Gasteiger partial charge in [0.05, 0.1) is 0 Å². The summed E-state index contributed by atoms with van der Waals surface area (Å²) in [6, 6.07) is 0. The lowest BCUT2D eigenvalue weighted by Crippen LogP contribution is -2.58. The average molecular weight is 187 g/mol. The van der Waals surface area contributed by atoms with Gasteiger partial charge in [-0.1, -0.05) is 6.92 Å². The fraction of sp³-hybridized carbons (Fsp3) is 0.625. The zero-order valence-corrected chi connectivity index (χ0v) is 7.88. The minimum atomic E-state index is -1.76. The molecule has 5 nitrogen and oxygen atoms in total. The number of carboxylic acid groups (broad SMARTS) is 1. The molecule has 1 amide bonds. The highest BCUT2D eigenvalue weighted by atomic mass is 16.4. The van der Waals surface area contributed by atoms with E-state index in [1.54, 1.807) is 0 Å². The van der Waals surface area contributed by atoms with Crippen LogP contribution < -0.4 is 5.32 Å². The first kappa shape index (κ1) is 11.6. The highest BCUT2D eigenvalue weighted by molar-refractivity contribution is 6.09. The quantitative estimate of drug-likeness (QED) is 0.604. The smallest absolute Gasteiger partial charge is 0.337 e. The molecule has 1 atom stereocenters. The normalized spacial score (nSPS) is 14.4. The van der Waals surface area contributed by atoms with Crippen molar-refractivity contribution in [2.45, 2.75) is 32.7 Å². The molecule has 74 valence electrons. The molecular formula is C8H13NO4. The van der Waals surface area contributed by atoms with E-state index >= 15 is 0 Å². The van der Waals surface area contributed by atoms with Crippen molar-refractivity contribution in [3.63, 3.8) is 0 Å².